The quantitative estimate of drug-likeness (QED) is 0.400. The van der Waals surface area contributed by atoms with Gasteiger partial charge in [0.05, 0.1) is 23.7 Å². The summed E-state index contributed by atoms with van der Waals surface area (Å²) >= 11 is -0.759. The van der Waals surface area contributed by atoms with E-state index in [1.165, 1.54) is 36.8 Å². The molecule has 2 amide bonds. The second-order valence-corrected chi connectivity index (χ2v) is 10.5. The zero-order valence-corrected chi connectivity index (χ0v) is 21.8. The summed E-state index contributed by atoms with van der Waals surface area (Å²) in [5, 5.41) is 3.14. The third-order valence-corrected chi connectivity index (χ3v) is 7.79. The largest absolute Gasteiger partial charge is 0.573 e. The Kier molecular flexibility index (Phi) is 7.34. The molecular formula is C26H20F3IN4O4. The van der Waals surface area contributed by atoms with Crippen LogP contribution in [0.2, 0.25) is 0 Å². The number of benzene rings is 2. The zero-order valence-electron chi connectivity index (χ0n) is 19.7. The molecule has 0 radical (unpaired) electrons. The summed E-state index contributed by atoms with van der Waals surface area (Å²) in [6.07, 6.45) is -0.215. The second kappa shape index (κ2) is 10.8. The van der Waals surface area contributed by atoms with Gasteiger partial charge in [0.1, 0.15) is 15.7 Å². The van der Waals surface area contributed by atoms with Gasteiger partial charge >= 0.3 is 6.36 Å². The first-order valence-electron chi connectivity index (χ1n) is 11.4. The highest BCUT2D eigenvalue weighted by atomic mass is 127. The molecule has 3 heterocycles. The third-order valence-electron chi connectivity index (χ3n) is 5.83. The molecule has 2 aliphatic heterocycles. The minimum Gasteiger partial charge on any atom is -0.472 e. The molecule has 1 fully saturated rings. The average Bonchev–Trinajstić information content (AvgIpc) is 3.38. The number of hydrogen-bond acceptors (Lipinski definition) is 6. The lowest BCUT2D eigenvalue weighted by molar-refractivity contribution is -0.274. The first-order chi connectivity index (χ1) is 18.3. The summed E-state index contributed by atoms with van der Waals surface area (Å²) in [5.41, 5.74) is 2.93. The Morgan fingerprint density at radius 3 is 2.29 bits per heavy atom. The van der Waals surface area contributed by atoms with Crippen molar-refractivity contribution < 1.29 is 31.9 Å². The number of ether oxygens (including phenoxy) is 1. The molecule has 1 aromatic heterocycles. The van der Waals surface area contributed by atoms with Crippen LogP contribution in [-0.4, -0.2) is 61.5 Å². The third kappa shape index (κ3) is 5.97. The summed E-state index contributed by atoms with van der Waals surface area (Å²) in [7, 11) is 0. The van der Waals surface area contributed by atoms with Gasteiger partial charge in [-0.2, -0.15) is 0 Å². The summed E-state index contributed by atoms with van der Waals surface area (Å²) in [6.45, 7) is 1.66. The Morgan fingerprint density at radius 2 is 1.66 bits per heavy atom. The molecule has 1 N–H and O–H groups in total. The van der Waals surface area contributed by atoms with Gasteiger partial charge in [0.15, 0.2) is 0 Å². The van der Waals surface area contributed by atoms with Gasteiger partial charge in [-0.15, -0.1) is 13.2 Å². The van der Waals surface area contributed by atoms with E-state index < -0.39 is 27.1 Å². The van der Waals surface area contributed by atoms with E-state index in [0.29, 0.717) is 48.7 Å². The van der Waals surface area contributed by atoms with Crippen molar-refractivity contribution >= 4 is 51.3 Å². The number of piperazine rings is 1. The SMILES string of the molecule is O=C(c1ccoc1)N1CCN(C(=O)c2ccc3c(c2)NC=C=IC3=Nc2ccc(OC(F)(F)F)cc2)CC1. The fourth-order valence-corrected chi connectivity index (χ4v) is 5.76. The van der Waals surface area contributed by atoms with E-state index in [0.717, 1.165) is 9.28 Å². The van der Waals surface area contributed by atoms with Gasteiger partial charge in [-0.05, 0) is 69.3 Å². The highest BCUT2D eigenvalue weighted by Gasteiger charge is 2.31. The van der Waals surface area contributed by atoms with Crippen LogP contribution in [0.15, 0.2) is 76.7 Å². The maximum absolute atomic E-state index is 13.2. The van der Waals surface area contributed by atoms with Crippen molar-refractivity contribution in [2.75, 3.05) is 31.5 Å². The van der Waals surface area contributed by atoms with Crippen molar-refractivity contribution in [2.45, 2.75) is 6.36 Å². The molecule has 5 rings (SSSR count). The molecule has 0 unspecified atom stereocenters. The minimum absolute atomic E-state index is 0.124. The van der Waals surface area contributed by atoms with Crippen LogP contribution in [0.1, 0.15) is 26.3 Å². The zero-order chi connectivity index (χ0) is 26.7. The molecule has 12 heteroatoms. The van der Waals surface area contributed by atoms with Gasteiger partial charge < -0.3 is 24.3 Å². The number of hydrogen-bond donors (Lipinski definition) is 1. The van der Waals surface area contributed by atoms with Crippen molar-refractivity contribution in [3.63, 3.8) is 0 Å². The minimum atomic E-state index is -4.76. The number of carbonyl (C=O) groups excluding carboxylic acids is 2. The van der Waals surface area contributed by atoms with Crippen molar-refractivity contribution in [1.82, 2.24) is 9.80 Å². The Balaban J connectivity index is 1.29. The summed E-state index contributed by atoms with van der Waals surface area (Å²) in [5.74, 6) is -0.586. The first kappa shape index (κ1) is 25.7. The Labute approximate surface area is 225 Å². The maximum Gasteiger partial charge on any atom is 0.573 e. The fourth-order valence-electron chi connectivity index (χ4n) is 3.99. The van der Waals surface area contributed by atoms with Crippen molar-refractivity contribution in [3.8, 4) is 5.75 Å². The van der Waals surface area contributed by atoms with Crippen LogP contribution in [0.5, 0.6) is 5.75 Å². The lowest BCUT2D eigenvalue weighted by Gasteiger charge is -2.34. The maximum atomic E-state index is 13.2. The van der Waals surface area contributed by atoms with Gasteiger partial charge in [0.2, 0.25) is 0 Å². The van der Waals surface area contributed by atoms with E-state index >= 15 is 0 Å². The molecule has 3 aromatic rings. The molecule has 196 valence electrons. The van der Waals surface area contributed by atoms with Gasteiger partial charge in [-0.1, -0.05) is 3.67 Å². The number of nitrogens with zero attached hydrogens (tertiary/aromatic N) is 3. The molecule has 0 spiro atoms. The average molecular weight is 636 g/mol. The molecule has 0 bridgehead atoms. The number of amides is 2. The number of rotatable bonds is 4. The molecule has 0 saturated carbocycles. The van der Waals surface area contributed by atoms with Crippen LogP contribution in [0.25, 0.3) is 0 Å². The van der Waals surface area contributed by atoms with Crippen LogP contribution in [-0.2, 0) is 0 Å². The highest BCUT2D eigenvalue weighted by molar-refractivity contribution is 14.2. The lowest BCUT2D eigenvalue weighted by Crippen LogP contribution is -2.50. The van der Waals surface area contributed by atoms with Gasteiger partial charge in [-0.25, -0.2) is 4.99 Å². The van der Waals surface area contributed by atoms with Gasteiger partial charge in [-0.3, -0.25) is 9.59 Å². The molecule has 38 heavy (non-hydrogen) atoms. The van der Waals surface area contributed by atoms with Crippen LogP contribution in [0, 0.1) is 0 Å². The first-order valence-corrected chi connectivity index (χ1v) is 13.6. The van der Waals surface area contributed by atoms with Crippen LogP contribution < -0.4 is 10.1 Å². The Morgan fingerprint density at radius 1 is 0.974 bits per heavy atom. The monoisotopic (exact) mass is 636 g/mol. The topological polar surface area (TPSA) is 87.4 Å². The van der Waals surface area contributed by atoms with Crippen molar-refractivity contribution in [1.29, 1.82) is 0 Å². The lowest BCUT2D eigenvalue weighted by atomic mass is 10.1. The van der Waals surface area contributed by atoms with Crippen LogP contribution in [0.4, 0.5) is 24.5 Å². The number of nitrogens with one attached hydrogen (secondary N) is 1. The number of aliphatic imine (C=N–C) groups is 1. The summed E-state index contributed by atoms with van der Waals surface area (Å²) in [4.78, 5) is 33.8. The normalized spacial score (nSPS) is 16.3. The van der Waals surface area contributed by atoms with Crippen molar-refractivity contribution in [2.24, 2.45) is 4.99 Å². The number of halogens is 4. The molecular weight excluding hydrogens is 616 g/mol. The number of carbonyl (C=O) groups is 2. The second-order valence-electron chi connectivity index (χ2n) is 8.29. The highest BCUT2D eigenvalue weighted by Crippen LogP contribution is 2.30. The van der Waals surface area contributed by atoms with Gasteiger partial charge in [0, 0.05) is 43.0 Å². The van der Waals surface area contributed by atoms with E-state index in [1.54, 1.807) is 34.2 Å². The number of anilines is 1. The van der Waals surface area contributed by atoms with E-state index in [9.17, 15) is 22.8 Å². The van der Waals surface area contributed by atoms with E-state index in [-0.39, 0.29) is 17.6 Å². The van der Waals surface area contributed by atoms with E-state index in [2.05, 4.69) is 18.7 Å². The number of alkyl halides is 3. The van der Waals surface area contributed by atoms with E-state index in [1.807, 2.05) is 6.07 Å². The van der Waals surface area contributed by atoms with Crippen LogP contribution >= 0.6 is 20.7 Å². The smallest absolute Gasteiger partial charge is 0.472 e. The standard InChI is InChI=1S/C26H20F3IN4O4/c27-26(28,29)38-20-4-2-19(3-5-20)32-23-21-6-1-17(15-22(21)31-9-8-30-23)24(35)33-10-12-34(13-11-33)25(36)18-7-14-37-16-18/h1-7,9,14-16,31H,10-13H2. The molecule has 2 aromatic carbocycles. The molecule has 1 saturated heterocycles. The molecule has 0 aliphatic carbocycles. The van der Waals surface area contributed by atoms with Crippen molar-refractivity contribution in [3.05, 3.63) is 83.9 Å². The molecule has 8 nitrogen and oxygen atoms in total. The Bertz CT molecular complexity index is 1440. The molecule has 2 aliphatic rings. The number of furan rings is 1. The summed E-state index contributed by atoms with van der Waals surface area (Å²) in [6, 6.07) is 12.2. The van der Waals surface area contributed by atoms with Crippen LogP contribution in [0.3, 0.4) is 0 Å². The van der Waals surface area contributed by atoms with Gasteiger partial charge in [0.25, 0.3) is 11.8 Å². The Hall–Kier alpha value is -3.90. The number of fused-ring (bicyclic) bond motifs is 1. The predicted octanol–water partition coefficient (Wildman–Crippen LogP) is 5.17. The fraction of sp³-hybridized carbons (Fsp3) is 0.192. The predicted molar refractivity (Wildman–Crippen MR) is 143 cm³/mol. The van der Waals surface area contributed by atoms with E-state index in [4.69, 9.17) is 4.42 Å². The molecule has 0 atom stereocenters. The summed E-state index contributed by atoms with van der Waals surface area (Å²) < 4.78 is 50.1.